The molecule has 31 heavy (non-hydrogen) atoms. The molecule has 10 nitrogen and oxygen atoms in total. The van der Waals surface area contributed by atoms with E-state index >= 15 is 0 Å². The number of aromatic nitrogens is 2. The predicted molar refractivity (Wildman–Crippen MR) is 116 cm³/mol. The third kappa shape index (κ3) is 5.29. The number of ether oxygens (including phenoxy) is 3. The summed E-state index contributed by atoms with van der Waals surface area (Å²) in [5, 5.41) is 2.96. The topological polar surface area (TPSA) is 149 Å². The van der Waals surface area contributed by atoms with Crippen LogP contribution in [-0.4, -0.2) is 53.7 Å². The molecule has 0 saturated carbocycles. The van der Waals surface area contributed by atoms with E-state index < -0.39 is 14.2 Å². The summed E-state index contributed by atoms with van der Waals surface area (Å²) in [4.78, 5) is 8.56. The van der Waals surface area contributed by atoms with Crippen molar-refractivity contribution in [3.05, 3.63) is 53.7 Å². The Bertz CT molecular complexity index is 1090. The molecule has 0 atom stereocenters. The van der Waals surface area contributed by atoms with Crippen molar-refractivity contribution in [2.24, 2.45) is 0 Å². The van der Waals surface area contributed by atoms with Crippen LogP contribution in [0.3, 0.4) is 0 Å². The molecule has 0 radical (unpaired) electrons. The van der Waals surface area contributed by atoms with Gasteiger partial charge in [-0.1, -0.05) is 0 Å². The molecule has 5 N–H and O–H groups in total. The van der Waals surface area contributed by atoms with Crippen LogP contribution in [0.15, 0.2) is 42.6 Å². The molecule has 164 valence electrons. The zero-order valence-corrected chi connectivity index (χ0v) is 19.1. The average molecular weight is 490 g/mol. The normalized spacial score (nSPS) is 11.1. The fourth-order valence-electron chi connectivity index (χ4n) is 2.94. The van der Waals surface area contributed by atoms with Crippen molar-refractivity contribution in [3.8, 4) is 17.2 Å². The van der Waals surface area contributed by atoms with Gasteiger partial charge in [0.05, 0.1) is 21.3 Å². The second kappa shape index (κ2) is 9.30. The van der Waals surface area contributed by atoms with E-state index in [9.17, 15) is 11.9 Å². The molecule has 1 aromatic heterocycles. The summed E-state index contributed by atoms with van der Waals surface area (Å²) in [6, 6.07) is 9.47. The van der Waals surface area contributed by atoms with Crippen LogP contribution in [0, 0.1) is 0 Å². The first kappa shape index (κ1) is 22.5. The van der Waals surface area contributed by atoms with Gasteiger partial charge in [-0.05, 0) is 0 Å². The Morgan fingerprint density at radius 1 is 1.03 bits per heavy atom. The number of nitrogen functional groups attached to an aromatic ring is 1. The number of nitrogens with one attached hydrogen (secondary N) is 1. The summed E-state index contributed by atoms with van der Waals surface area (Å²) in [6.07, 6.45) is 2.06. The Balaban J connectivity index is 1.79. The monoisotopic (exact) mass is 490 g/mol. The third-order valence-corrected chi connectivity index (χ3v) is 6.51. The van der Waals surface area contributed by atoms with Crippen LogP contribution in [0.2, 0.25) is 0 Å². The molecule has 0 fully saturated rings. The summed E-state index contributed by atoms with van der Waals surface area (Å²) >= 11 is -4.92. The number of anilines is 3. The van der Waals surface area contributed by atoms with Crippen molar-refractivity contribution in [1.82, 2.24) is 9.97 Å². The van der Waals surface area contributed by atoms with Crippen LogP contribution in [-0.2, 0) is 10.2 Å². The second-order valence-electron chi connectivity index (χ2n) is 6.53. The standard InChI is InChI=1S/C20H23AsN4O6/c1-29-16-9-12(10-17(30-2)18(16)31-3)8-13-11-23-20(25-19(13)22)24-15-6-4-14(5-7-15)21(26,27)28/h4-7,9-11H,8H2,1-3H3,(H2,26,27,28)(H3,22,23,24,25). The van der Waals surface area contributed by atoms with Gasteiger partial charge in [-0.3, -0.25) is 0 Å². The van der Waals surface area contributed by atoms with Gasteiger partial charge in [0, 0.05) is 0 Å². The van der Waals surface area contributed by atoms with Crippen LogP contribution in [0.25, 0.3) is 0 Å². The van der Waals surface area contributed by atoms with Crippen LogP contribution >= 0.6 is 0 Å². The van der Waals surface area contributed by atoms with E-state index in [1.165, 1.54) is 19.2 Å². The minimum atomic E-state index is -4.92. The van der Waals surface area contributed by atoms with Gasteiger partial charge in [0.15, 0.2) is 11.5 Å². The summed E-state index contributed by atoms with van der Waals surface area (Å²) in [5.74, 6) is 2.13. The van der Waals surface area contributed by atoms with Crippen molar-refractivity contribution in [2.45, 2.75) is 6.42 Å². The van der Waals surface area contributed by atoms with E-state index in [-0.39, 0.29) is 10.3 Å². The SMILES string of the molecule is COc1cc(Cc2cnc(Nc3ccc([As](=O)(O)O)cc3)nc2N)cc(OC)c1OC. The van der Waals surface area contributed by atoms with Gasteiger partial charge in [0.25, 0.3) is 0 Å². The molecule has 0 bridgehead atoms. The van der Waals surface area contributed by atoms with E-state index in [0.29, 0.717) is 40.7 Å². The van der Waals surface area contributed by atoms with E-state index in [4.69, 9.17) is 19.9 Å². The zero-order valence-electron chi connectivity index (χ0n) is 17.2. The second-order valence-corrected chi connectivity index (χ2v) is 9.90. The van der Waals surface area contributed by atoms with Gasteiger partial charge >= 0.3 is 129 Å². The smallest absolute Gasteiger partial charge is 0.493 e. The summed E-state index contributed by atoms with van der Waals surface area (Å²) in [7, 11) is 4.64. The van der Waals surface area contributed by atoms with Gasteiger partial charge in [0.1, 0.15) is 0 Å². The Hall–Kier alpha value is -3.20. The zero-order chi connectivity index (χ0) is 22.6. The fraction of sp³-hybridized carbons (Fsp3) is 0.200. The molecule has 0 unspecified atom stereocenters. The Kier molecular flexibility index (Phi) is 6.74. The molecule has 1 heterocycles. The average Bonchev–Trinajstić information content (AvgIpc) is 2.74. The third-order valence-electron chi connectivity index (χ3n) is 4.48. The minimum absolute atomic E-state index is 0.00944. The number of nitrogens with two attached hydrogens (primary N) is 1. The molecule has 0 aliphatic heterocycles. The number of benzene rings is 2. The molecular weight excluding hydrogens is 467 g/mol. The molecule has 0 saturated heterocycles. The van der Waals surface area contributed by atoms with Gasteiger partial charge in [-0.2, -0.15) is 0 Å². The molecule has 3 rings (SSSR count). The number of hydrogen-bond donors (Lipinski definition) is 4. The van der Waals surface area contributed by atoms with Gasteiger partial charge in [-0.15, -0.1) is 0 Å². The number of rotatable bonds is 8. The Morgan fingerprint density at radius 3 is 2.13 bits per heavy atom. The molecule has 11 heteroatoms. The molecular formula is C20H23AsN4O6. The van der Waals surface area contributed by atoms with Crippen molar-refractivity contribution in [1.29, 1.82) is 0 Å². The van der Waals surface area contributed by atoms with Gasteiger partial charge in [-0.25, -0.2) is 0 Å². The maximum atomic E-state index is 11.3. The first-order chi connectivity index (χ1) is 14.7. The van der Waals surface area contributed by atoms with Crippen LogP contribution in [0.4, 0.5) is 17.5 Å². The maximum absolute atomic E-state index is 11.3. The fourth-order valence-corrected chi connectivity index (χ4v) is 4.07. The first-order valence-electron chi connectivity index (χ1n) is 9.08. The van der Waals surface area contributed by atoms with E-state index in [1.807, 2.05) is 12.1 Å². The van der Waals surface area contributed by atoms with Crippen molar-refractivity contribution < 1.29 is 26.1 Å². The van der Waals surface area contributed by atoms with E-state index in [1.54, 1.807) is 32.5 Å². The molecule has 2 aromatic carbocycles. The first-order valence-corrected chi connectivity index (χ1v) is 12.5. The van der Waals surface area contributed by atoms with Crippen LogP contribution < -0.4 is 29.6 Å². The Morgan fingerprint density at radius 2 is 1.65 bits per heavy atom. The summed E-state index contributed by atoms with van der Waals surface area (Å²) in [5.41, 5.74) is 8.28. The molecule has 0 amide bonds. The molecule has 0 spiro atoms. The van der Waals surface area contributed by atoms with Crippen molar-refractivity contribution in [3.63, 3.8) is 0 Å². The number of methoxy groups -OCH3 is 3. The van der Waals surface area contributed by atoms with Crippen LogP contribution in [0.1, 0.15) is 11.1 Å². The molecule has 0 aliphatic rings. The van der Waals surface area contributed by atoms with Crippen molar-refractivity contribution >= 4 is 36.0 Å². The predicted octanol–water partition coefficient (Wildman–Crippen LogP) is 0.980. The minimum Gasteiger partial charge on any atom is -0.493 e. The van der Waals surface area contributed by atoms with Crippen LogP contribution in [0.5, 0.6) is 17.2 Å². The van der Waals surface area contributed by atoms with E-state index in [0.717, 1.165) is 5.56 Å². The number of hydrogen-bond acceptors (Lipinski definition) is 8. The van der Waals surface area contributed by atoms with Gasteiger partial charge in [0.2, 0.25) is 5.75 Å². The van der Waals surface area contributed by atoms with Gasteiger partial charge < -0.3 is 14.2 Å². The molecule has 3 aromatic rings. The van der Waals surface area contributed by atoms with E-state index in [2.05, 4.69) is 15.3 Å². The Labute approximate surface area is 182 Å². The summed E-state index contributed by atoms with van der Waals surface area (Å²) in [6.45, 7) is 0. The molecule has 0 aliphatic carbocycles. The number of nitrogens with zero attached hydrogens (tertiary/aromatic N) is 2. The quantitative estimate of drug-likeness (QED) is 0.337. The summed E-state index contributed by atoms with van der Waals surface area (Å²) < 4.78 is 45.9. The van der Waals surface area contributed by atoms with Crippen molar-refractivity contribution in [2.75, 3.05) is 32.4 Å².